The molecule has 0 saturated carbocycles. The molecule has 6 heteroatoms. The molecular weight excluding hydrogens is 396 g/mol. The largest absolute Gasteiger partial charge is 0.462 e. The SMILES string of the molecule is CCOC(=O)c1cccc(C(=O)CC)c1OC(=O)c1ccc(Oc2ccccc2)cc1. The van der Waals surface area contributed by atoms with Gasteiger partial charge in [0.05, 0.1) is 17.7 Å². The zero-order chi connectivity index (χ0) is 22.2. The van der Waals surface area contributed by atoms with Gasteiger partial charge in [0.1, 0.15) is 17.1 Å². The lowest BCUT2D eigenvalue weighted by Gasteiger charge is -2.13. The van der Waals surface area contributed by atoms with E-state index >= 15 is 0 Å². The number of carbonyl (C=O) groups excluding carboxylic acids is 3. The summed E-state index contributed by atoms with van der Waals surface area (Å²) in [5, 5.41) is 0. The monoisotopic (exact) mass is 418 g/mol. The molecule has 0 aromatic heterocycles. The molecular formula is C25H22O6. The molecule has 0 N–H and O–H groups in total. The van der Waals surface area contributed by atoms with Crippen molar-refractivity contribution in [2.45, 2.75) is 20.3 Å². The van der Waals surface area contributed by atoms with E-state index in [9.17, 15) is 14.4 Å². The molecule has 0 bridgehead atoms. The summed E-state index contributed by atoms with van der Waals surface area (Å²) in [7, 11) is 0. The van der Waals surface area contributed by atoms with Crippen LogP contribution >= 0.6 is 0 Å². The van der Waals surface area contributed by atoms with Gasteiger partial charge in [0, 0.05) is 6.42 Å². The molecule has 158 valence electrons. The number of ketones is 1. The third-order valence-corrected chi connectivity index (χ3v) is 4.40. The lowest BCUT2D eigenvalue weighted by atomic mass is 10.0. The van der Waals surface area contributed by atoms with Gasteiger partial charge in [0.25, 0.3) is 0 Å². The van der Waals surface area contributed by atoms with Crippen molar-refractivity contribution < 1.29 is 28.6 Å². The van der Waals surface area contributed by atoms with Crippen LogP contribution in [0.15, 0.2) is 72.8 Å². The second-order valence-corrected chi connectivity index (χ2v) is 6.51. The number of rotatable bonds is 8. The highest BCUT2D eigenvalue weighted by Crippen LogP contribution is 2.28. The Balaban J connectivity index is 1.85. The number of esters is 2. The fourth-order valence-electron chi connectivity index (χ4n) is 2.86. The van der Waals surface area contributed by atoms with Gasteiger partial charge < -0.3 is 14.2 Å². The Morgan fingerprint density at radius 1 is 0.710 bits per heavy atom. The molecule has 0 atom stereocenters. The summed E-state index contributed by atoms with van der Waals surface area (Å²) in [5.74, 6) is -0.487. The predicted molar refractivity (Wildman–Crippen MR) is 115 cm³/mol. The first-order valence-corrected chi connectivity index (χ1v) is 9.92. The highest BCUT2D eigenvalue weighted by Gasteiger charge is 2.23. The van der Waals surface area contributed by atoms with Gasteiger partial charge in [0.15, 0.2) is 11.5 Å². The minimum atomic E-state index is -0.701. The summed E-state index contributed by atoms with van der Waals surface area (Å²) in [4.78, 5) is 37.4. The van der Waals surface area contributed by atoms with Gasteiger partial charge in [-0.3, -0.25) is 4.79 Å². The molecule has 0 saturated heterocycles. The summed E-state index contributed by atoms with van der Waals surface area (Å²) < 4.78 is 16.3. The van der Waals surface area contributed by atoms with Gasteiger partial charge >= 0.3 is 11.9 Å². The average Bonchev–Trinajstić information content (AvgIpc) is 2.80. The fourth-order valence-corrected chi connectivity index (χ4v) is 2.86. The summed E-state index contributed by atoms with van der Waals surface area (Å²) in [6.07, 6.45) is 0.197. The summed E-state index contributed by atoms with van der Waals surface area (Å²) in [6.45, 7) is 3.52. The lowest BCUT2D eigenvalue weighted by molar-refractivity contribution is 0.0520. The molecule has 0 fully saturated rings. The van der Waals surface area contributed by atoms with Crippen LogP contribution in [0, 0.1) is 0 Å². The van der Waals surface area contributed by atoms with Crippen molar-refractivity contribution in [2.75, 3.05) is 6.61 Å². The second kappa shape index (κ2) is 10.2. The Hall–Kier alpha value is -3.93. The summed E-state index contributed by atoms with van der Waals surface area (Å²) in [6, 6.07) is 20.2. The summed E-state index contributed by atoms with van der Waals surface area (Å²) >= 11 is 0. The van der Waals surface area contributed by atoms with E-state index in [2.05, 4.69) is 0 Å². The predicted octanol–water partition coefficient (Wildman–Crippen LogP) is 5.47. The van der Waals surface area contributed by atoms with Gasteiger partial charge in [-0.15, -0.1) is 0 Å². The molecule has 31 heavy (non-hydrogen) atoms. The van der Waals surface area contributed by atoms with Crippen LogP contribution in [0.2, 0.25) is 0 Å². The van der Waals surface area contributed by atoms with E-state index in [4.69, 9.17) is 14.2 Å². The third kappa shape index (κ3) is 5.36. The Morgan fingerprint density at radius 3 is 2.00 bits per heavy atom. The van der Waals surface area contributed by atoms with E-state index in [1.54, 1.807) is 44.2 Å². The molecule has 0 radical (unpaired) electrons. The van der Waals surface area contributed by atoms with Crippen LogP contribution in [-0.4, -0.2) is 24.3 Å². The van der Waals surface area contributed by atoms with Crippen molar-refractivity contribution >= 4 is 17.7 Å². The number of Topliss-reactive ketones (excluding diaryl/α,β-unsaturated/α-hetero) is 1. The van der Waals surface area contributed by atoms with Crippen LogP contribution in [0.4, 0.5) is 0 Å². The molecule has 3 rings (SSSR count). The zero-order valence-corrected chi connectivity index (χ0v) is 17.3. The maximum absolute atomic E-state index is 12.8. The first kappa shape index (κ1) is 21.8. The van der Waals surface area contributed by atoms with E-state index in [1.165, 1.54) is 12.1 Å². The standard InChI is InChI=1S/C25H22O6/c1-3-22(26)20-11-8-12-21(25(28)29-4-2)23(20)31-24(27)17-13-15-19(16-14-17)30-18-9-6-5-7-10-18/h5-16H,3-4H2,1-2H3. The van der Waals surface area contributed by atoms with E-state index in [1.807, 2.05) is 30.3 Å². The van der Waals surface area contributed by atoms with Crippen LogP contribution in [0.3, 0.4) is 0 Å². The highest BCUT2D eigenvalue weighted by atomic mass is 16.5. The number of ether oxygens (including phenoxy) is 3. The maximum atomic E-state index is 12.8. The van der Waals surface area contributed by atoms with E-state index < -0.39 is 11.9 Å². The maximum Gasteiger partial charge on any atom is 0.343 e. The first-order chi connectivity index (χ1) is 15.0. The van der Waals surface area contributed by atoms with E-state index in [-0.39, 0.29) is 41.3 Å². The van der Waals surface area contributed by atoms with Crippen molar-refractivity contribution in [3.63, 3.8) is 0 Å². The van der Waals surface area contributed by atoms with Crippen molar-refractivity contribution in [1.29, 1.82) is 0 Å². The van der Waals surface area contributed by atoms with Gasteiger partial charge in [-0.1, -0.05) is 31.2 Å². The Morgan fingerprint density at radius 2 is 1.35 bits per heavy atom. The van der Waals surface area contributed by atoms with Crippen molar-refractivity contribution in [3.05, 3.63) is 89.5 Å². The Bertz CT molecular complexity index is 1070. The smallest absolute Gasteiger partial charge is 0.343 e. The van der Waals surface area contributed by atoms with E-state index in [0.717, 1.165) is 0 Å². The molecule has 3 aromatic carbocycles. The number of hydrogen-bond donors (Lipinski definition) is 0. The third-order valence-electron chi connectivity index (χ3n) is 4.40. The van der Waals surface area contributed by atoms with Crippen molar-refractivity contribution in [3.8, 4) is 17.2 Å². The molecule has 0 unspecified atom stereocenters. The van der Waals surface area contributed by atoms with Crippen molar-refractivity contribution in [1.82, 2.24) is 0 Å². The van der Waals surface area contributed by atoms with Crippen molar-refractivity contribution in [2.24, 2.45) is 0 Å². The van der Waals surface area contributed by atoms with Crippen LogP contribution < -0.4 is 9.47 Å². The fraction of sp³-hybridized carbons (Fsp3) is 0.160. The normalized spacial score (nSPS) is 10.3. The number of carbonyl (C=O) groups is 3. The zero-order valence-electron chi connectivity index (χ0n) is 17.3. The van der Waals surface area contributed by atoms with Crippen LogP contribution in [0.1, 0.15) is 51.3 Å². The molecule has 0 spiro atoms. The number of para-hydroxylation sites is 2. The van der Waals surface area contributed by atoms with Crippen LogP contribution in [0.25, 0.3) is 0 Å². The van der Waals surface area contributed by atoms with Crippen LogP contribution in [-0.2, 0) is 4.74 Å². The van der Waals surface area contributed by atoms with Gasteiger partial charge in [-0.2, -0.15) is 0 Å². The second-order valence-electron chi connectivity index (χ2n) is 6.51. The van der Waals surface area contributed by atoms with Gasteiger partial charge in [0.2, 0.25) is 0 Å². The Kier molecular flexibility index (Phi) is 7.17. The van der Waals surface area contributed by atoms with Gasteiger partial charge in [-0.05, 0) is 55.5 Å². The minimum absolute atomic E-state index is 0.0264. The molecule has 3 aromatic rings. The molecule has 0 aliphatic carbocycles. The Labute approximate surface area is 180 Å². The molecule has 0 aliphatic heterocycles. The average molecular weight is 418 g/mol. The van der Waals surface area contributed by atoms with Gasteiger partial charge in [-0.25, -0.2) is 9.59 Å². The molecule has 0 aliphatic rings. The highest BCUT2D eigenvalue weighted by molar-refractivity contribution is 6.05. The van der Waals surface area contributed by atoms with E-state index in [0.29, 0.717) is 11.5 Å². The first-order valence-electron chi connectivity index (χ1n) is 9.92. The molecule has 0 heterocycles. The number of hydrogen-bond acceptors (Lipinski definition) is 6. The lowest BCUT2D eigenvalue weighted by Crippen LogP contribution is -2.16. The van der Waals surface area contributed by atoms with Crippen LogP contribution in [0.5, 0.6) is 17.2 Å². The topological polar surface area (TPSA) is 78.9 Å². The minimum Gasteiger partial charge on any atom is -0.462 e. The quantitative estimate of drug-likeness (QED) is 0.274. The summed E-state index contributed by atoms with van der Waals surface area (Å²) in [5.41, 5.74) is 0.429. The molecule has 6 nitrogen and oxygen atoms in total. The molecule has 0 amide bonds. The number of benzene rings is 3.